The van der Waals surface area contributed by atoms with Gasteiger partial charge in [-0.1, -0.05) is 15.9 Å². The third kappa shape index (κ3) is 3.69. The summed E-state index contributed by atoms with van der Waals surface area (Å²) in [6.45, 7) is 1.08. The van der Waals surface area contributed by atoms with Gasteiger partial charge in [0.25, 0.3) is 10.2 Å². The molecular weight excluding hydrogens is 300 g/mol. The summed E-state index contributed by atoms with van der Waals surface area (Å²) >= 11 is 3.04. The molecule has 0 radical (unpaired) electrons. The molecule has 0 aromatic heterocycles. The Balaban J connectivity index is 2.44. The number of carbonyl (C=O) groups is 1. The summed E-state index contributed by atoms with van der Waals surface area (Å²) in [6.07, 6.45) is 1.77. The monoisotopic (exact) mass is 314 g/mol. The lowest BCUT2D eigenvalue weighted by atomic mass is 10.4. The van der Waals surface area contributed by atoms with Crippen LogP contribution in [0.4, 0.5) is 0 Å². The Hall–Kier alpha value is -0.180. The van der Waals surface area contributed by atoms with Crippen molar-refractivity contribution in [2.45, 2.75) is 17.7 Å². The fourth-order valence-electron chi connectivity index (χ4n) is 1.41. The zero-order valence-electron chi connectivity index (χ0n) is 8.98. The highest BCUT2D eigenvalue weighted by Crippen LogP contribution is 2.11. The van der Waals surface area contributed by atoms with Crippen molar-refractivity contribution in [3.8, 4) is 0 Å². The van der Waals surface area contributed by atoms with E-state index in [2.05, 4.69) is 25.4 Å². The van der Waals surface area contributed by atoms with E-state index in [0.29, 0.717) is 13.1 Å². The lowest BCUT2D eigenvalue weighted by Crippen LogP contribution is -2.42. The fraction of sp³-hybridized carbons (Fsp3) is 0.875. The Morgan fingerprint density at radius 1 is 1.50 bits per heavy atom. The first kappa shape index (κ1) is 13.9. The first-order chi connectivity index (χ1) is 7.47. The van der Waals surface area contributed by atoms with Gasteiger partial charge in [-0.05, 0) is 12.8 Å². The van der Waals surface area contributed by atoms with Gasteiger partial charge in [-0.2, -0.15) is 12.7 Å². The molecule has 1 saturated heterocycles. The van der Waals surface area contributed by atoms with Crippen LogP contribution >= 0.6 is 15.9 Å². The molecule has 1 heterocycles. The van der Waals surface area contributed by atoms with Crippen molar-refractivity contribution in [3.05, 3.63) is 0 Å². The Morgan fingerprint density at radius 3 is 2.56 bits per heavy atom. The van der Waals surface area contributed by atoms with Crippen molar-refractivity contribution >= 4 is 32.1 Å². The summed E-state index contributed by atoms with van der Waals surface area (Å²) < 4.78 is 31.6. The van der Waals surface area contributed by atoms with Crippen molar-refractivity contribution in [1.82, 2.24) is 9.03 Å². The number of ether oxygens (including phenoxy) is 1. The summed E-state index contributed by atoms with van der Waals surface area (Å²) in [5.41, 5.74) is 0. The first-order valence-corrected chi connectivity index (χ1v) is 7.29. The molecule has 1 unspecified atom stereocenters. The Labute approximate surface area is 104 Å². The predicted molar refractivity (Wildman–Crippen MR) is 62.5 cm³/mol. The Kier molecular flexibility index (Phi) is 5.16. The van der Waals surface area contributed by atoms with Gasteiger partial charge >= 0.3 is 5.97 Å². The third-order valence-electron chi connectivity index (χ3n) is 2.31. The maximum atomic E-state index is 11.7. The van der Waals surface area contributed by atoms with Crippen LogP contribution in [-0.4, -0.2) is 50.3 Å². The van der Waals surface area contributed by atoms with E-state index < -0.39 is 21.0 Å². The fourth-order valence-corrected chi connectivity index (χ4v) is 3.27. The minimum Gasteiger partial charge on any atom is -0.468 e. The highest BCUT2D eigenvalue weighted by atomic mass is 79.9. The predicted octanol–water partition coefficient (Wildman–Crippen LogP) is -0.147. The molecule has 0 aliphatic carbocycles. The topological polar surface area (TPSA) is 75.7 Å². The minimum atomic E-state index is -3.45. The van der Waals surface area contributed by atoms with Gasteiger partial charge in [0, 0.05) is 19.6 Å². The number of rotatable bonds is 5. The molecule has 6 nitrogen and oxygen atoms in total. The summed E-state index contributed by atoms with van der Waals surface area (Å²) in [6, 6.07) is 0. The molecule has 0 spiro atoms. The summed E-state index contributed by atoms with van der Waals surface area (Å²) in [7, 11) is -2.20. The van der Waals surface area contributed by atoms with Gasteiger partial charge in [-0.25, -0.2) is 4.72 Å². The summed E-state index contributed by atoms with van der Waals surface area (Å²) in [4.78, 5) is 10.4. The lowest BCUT2D eigenvalue weighted by Gasteiger charge is -2.17. The number of nitrogens with zero attached hydrogens (tertiary/aromatic N) is 1. The molecule has 0 bridgehead atoms. The first-order valence-electron chi connectivity index (χ1n) is 4.94. The molecule has 0 aromatic carbocycles. The molecule has 8 heteroatoms. The molecule has 1 fully saturated rings. The standard InChI is InChI=1S/C8H15BrN2O4S/c1-15-8(12)7(9)6-10-16(13,14)11-4-2-3-5-11/h7,10H,2-6H2,1H3. The molecule has 0 aromatic rings. The van der Waals surface area contributed by atoms with Crippen molar-refractivity contribution < 1.29 is 17.9 Å². The minimum absolute atomic E-state index is 0.00843. The van der Waals surface area contributed by atoms with E-state index in [-0.39, 0.29) is 6.54 Å². The van der Waals surface area contributed by atoms with Gasteiger partial charge in [0.1, 0.15) is 4.83 Å². The van der Waals surface area contributed by atoms with Crippen LogP contribution in [0.3, 0.4) is 0 Å². The van der Waals surface area contributed by atoms with Crippen LogP contribution in [0.2, 0.25) is 0 Å². The Bertz CT molecular complexity index is 340. The number of alkyl halides is 1. The van der Waals surface area contributed by atoms with E-state index in [4.69, 9.17) is 0 Å². The molecule has 1 atom stereocenters. The smallest absolute Gasteiger partial charge is 0.320 e. The van der Waals surface area contributed by atoms with Gasteiger partial charge in [-0.15, -0.1) is 0 Å². The van der Waals surface area contributed by atoms with Gasteiger partial charge in [-0.3, -0.25) is 4.79 Å². The number of hydrogen-bond acceptors (Lipinski definition) is 4. The largest absolute Gasteiger partial charge is 0.468 e. The number of nitrogens with one attached hydrogen (secondary N) is 1. The van der Waals surface area contributed by atoms with Crippen LogP contribution in [0.25, 0.3) is 0 Å². The summed E-state index contributed by atoms with van der Waals surface area (Å²) in [5.74, 6) is -0.496. The van der Waals surface area contributed by atoms with E-state index in [1.54, 1.807) is 0 Å². The van der Waals surface area contributed by atoms with Crippen molar-refractivity contribution in [2.24, 2.45) is 0 Å². The van der Waals surface area contributed by atoms with Crippen molar-refractivity contribution in [1.29, 1.82) is 0 Å². The van der Waals surface area contributed by atoms with Crippen LogP contribution in [-0.2, 0) is 19.7 Å². The van der Waals surface area contributed by atoms with Gasteiger partial charge in [0.15, 0.2) is 0 Å². The van der Waals surface area contributed by atoms with Gasteiger partial charge < -0.3 is 4.74 Å². The number of halogens is 1. The van der Waals surface area contributed by atoms with E-state index in [0.717, 1.165) is 12.8 Å². The van der Waals surface area contributed by atoms with E-state index in [1.165, 1.54) is 11.4 Å². The van der Waals surface area contributed by atoms with E-state index in [9.17, 15) is 13.2 Å². The second-order valence-electron chi connectivity index (χ2n) is 3.45. The van der Waals surface area contributed by atoms with Crippen molar-refractivity contribution in [3.63, 3.8) is 0 Å². The maximum Gasteiger partial charge on any atom is 0.320 e. The summed E-state index contributed by atoms with van der Waals surface area (Å²) in [5, 5.41) is 0. The van der Waals surface area contributed by atoms with Crippen LogP contribution in [0.15, 0.2) is 0 Å². The molecular formula is C8H15BrN2O4S. The zero-order valence-corrected chi connectivity index (χ0v) is 11.4. The second-order valence-corrected chi connectivity index (χ2v) is 6.31. The second kappa shape index (κ2) is 5.95. The normalized spacial score (nSPS) is 19.6. The molecule has 16 heavy (non-hydrogen) atoms. The molecule has 94 valence electrons. The number of carbonyl (C=O) groups excluding carboxylic acids is 1. The average Bonchev–Trinajstić information content (AvgIpc) is 2.78. The molecule has 0 saturated carbocycles. The zero-order chi connectivity index (χ0) is 12.2. The van der Waals surface area contributed by atoms with Gasteiger partial charge in [0.2, 0.25) is 0 Å². The number of methoxy groups -OCH3 is 1. The van der Waals surface area contributed by atoms with Crippen LogP contribution in [0.5, 0.6) is 0 Å². The van der Waals surface area contributed by atoms with Crippen LogP contribution < -0.4 is 4.72 Å². The maximum absolute atomic E-state index is 11.7. The lowest BCUT2D eigenvalue weighted by molar-refractivity contribution is -0.139. The van der Waals surface area contributed by atoms with Crippen LogP contribution in [0.1, 0.15) is 12.8 Å². The number of hydrogen-bond donors (Lipinski definition) is 1. The highest BCUT2D eigenvalue weighted by molar-refractivity contribution is 9.10. The molecule has 0 amide bonds. The number of esters is 1. The highest BCUT2D eigenvalue weighted by Gasteiger charge is 2.26. The van der Waals surface area contributed by atoms with Crippen molar-refractivity contribution in [2.75, 3.05) is 26.7 Å². The molecule has 1 rings (SSSR count). The third-order valence-corrected chi connectivity index (χ3v) is 4.58. The molecule has 1 N–H and O–H groups in total. The molecule has 1 aliphatic heterocycles. The molecule has 1 aliphatic rings. The average molecular weight is 315 g/mol. The van der Waals surface area contributed by atoms with E-state index >= 15 is 0 Å². The Morgan fingerprint density at radius 2 is 2.06 bits per heavy atom. The van der Waals surface area contributed by atoms with Crippen LogP contribution in [0, 0.1) is 0 Å². The quantitative estimate of drug-likeness (QED) is 0.566. The van der Waals surface area contributed by atoms with E-state index in [1.807, 2.05) is 0 Å². The van der Waals surface area contributed by atoms with Gasteiger partial charge in [0.05, 0.1) is 7.11 Å². The SMILES string of the molecule is COC(=O)C(Br)CNS(=O)(=O)N1CCCC1.